The van der Waals surface area contributed by atoms with Crippen LogP contribution in [0.3, 0.4) is 0 Å². The second-order valence-electron chi connectivity index (χ2n) is 13.2. The molecule has 0 spiro atoms. The standard InChI is InChI=1S/C42H48N4O3/c1-45(39(47)20-12-26-42(43)27-13-28-42)38(31-34-21-23-36(24-22-34)35-18-10-5-11-19-35)41(49)46(2)37(30-33-16-8-4-9-17-33)40(48)44-29-25-32-14-6-3-7-15-32/h3-12,14-24,37-38H,13,25-31,43H2,1-2H3,(H,44,48)/b20-12+. The third-order valence-electron chi connectivity index (χ3n) is 9.67. The molecule has 2 unspecified atom stereocenters. The Kier molecular flexibility index (Phi) is 12.2. The van der Waals surface area contributed by atoms with Crippen molar-refractivity contribution in [2.75, 3.05) is 20.6 Å². The van der Waals surface area contributed by atoms with Crippen LogP contribution in [0.5, 0.6) is 0 Å². The van der Waals surface area contributed by atoms with Crippen LogP contribution in [0.1, 0.15) is 42.4 Å². The van der Waals surface area contributed by atoms with E-state index in [1.165, 1.54) is 15.9 Å². The van der Waals surface area contributed by atoms with Gasteiger partial charge in [0.1, 0.15) is 12.1 Å². The van der Waals surface area contributed by atoms with E-state index in [0.717, 1.165) is 47.1 Å². The summed E-state index contributed by atoms with van der Waals surface area (Å²) in [6, 6.07) is 36.3. The number of hydrogen-bond donors (Lipinski definition) is 2. The number of nitrogens with two attached hydrogens (primary N) is 1. The van der Waals surface area contributed by atoms with E-state index in [0.29, 0.717) is 32.2 Å². The number of carbonyl (C=O) groups excluding carboxylic acids is 3. The van der Waals surface area contributed by atoms with E-state index in [-0.39, 0.29) is 23.3 Å². The molecule has 3 N–H and O–H groups in total. The molecular formula is C42H48N4O3. The lowest BCUT2D eigenvalue weighted by Crippen LogP contribution is -2.56. The number of nitrogens with one attached hydrogen (secondary N) is 1. The largest absolute Gasteiger partial charge is 0.354 e. The number of benzene rings is 4. The van der Waals surface area contributed by atoms with Crippen LogP contribution in [0.4, 0.5) is 0 Å². The topological polar surface area (TPSA) is 95.7 Å². The SMILES string of the molecule is CN(C(=O)/C=C/CC1(N)CCC1)C(Cc1ccc(-c2ccccc2)cc1)C(=O)N(C)C(Cc1ccccc1)C(=O)NCCc1ccccc1. The van der Waals surface area contributed by atoms with E-state index in [2.05, 4.69) is 17.4 Å². The van der Waals surface area contributed by atoms with E-state index in [4.69, 9.17) is 5.73 Å². The van der Waals surface area contributed by atoms with Crippen molar-refractivity contribution in [2.24, 2.45) is 5.73 Å². The van der Waals surface area contributed by atoms with Crippen molar-refractivity contribution in [3.63, 3.8) is 0 Å². The molecule has 3 amide bonds. The number of rotatable bonds is 15. The first-order valence-corrected chi connectivity index (χ1v) is 17.2. The van der Waals surface area contributed by atoms with Gasteiger partial charge in [-0.3, -0.25) is 14.4 Å². The molecule has 5 rings (SSSR count). The number of hydrogen-bond acceptors (Lipinski definition) is 4. The van der Waals surface area contributed by atoms with E-state index in [1.807, 2.05) is 109 Å². The molecule has 0 saturated heterocycles. The summed E-state index contributed by atoms with van der Waals surface area (Å²) in [6.45, 7) is 0.444. The summed E-state index contributed by atoms with van der Waals surface area (Å²) in [5.41, 5.74) is 11.3. The highest BCUT2D eigenvalue weighted by atomic mass is 16.2. The van der Waals surface area contributed by atoms with Crippen LogP contribution in [-0.2, 0) is 33.6 Å². The summed E-state index contributed by atoms with van der Waals surface area (Å²) in [6.07, 6.45) is 8.29. The van der Waals surface area contributed by atoms with Gasteiger partial charge in [0.05, 0.1) is 0 Å². The summed E-state index contributed by atoms with van der Waals surface area (Å²) in [4.78, 5) is 44.9. The van der Waals surface area contributed by atoms with E-state index in [9.17, 15) is 14.4 Å². The fourth-order valence-electron chi connectivity index (χ4n) is 6.30. The average molecular weight is 657 g/mol. The second-order valence-corrected chi connectivity index (χ2v) is 13.2. The van der Waals surface area contributed by atoms with Crippen LogP contribution >= 0.6 is 0 Å². The molecule has 0 heterocycles. The van der Waals surface area contributed by atoms with Gasteiger partial charge in [0, 0.05) is 39.0 Å². The molecule has 254 valence electrons. The maximum Gasteiger partial charge on any atom is 0.246 e. The highest BCUT2D eigenvalue weighted by Crippen LogP contribution is 2.32. The van der Waals surface area contributed by atoms with Gasteiger partial charge in [-0.25, -0.2) is 0 Å². The van der Waals surface area contributed by atoms with Crippen LogP contribution in [0.2, 0.25) is 0 Å². The number of amides is 3. The maximum atomic E-state index is 14.5. The molecule has 1 fully saturated rings. The van der Waals surface area contributed by atoms with Gasteiger partial charge in [0.15, 0.2) is 0 Å². The zero-order chi connectivity index (χ0) is 34.6. The van der Waals surface area contributed by atoms with Crippen molar-refractivity contribution in [1.29, 1.82) is 0 Å². The van der Waals surface area contributed by atoms with Crippen molar-refractivity contribution in [2.45, 2.75) is 62.6 Å². The molecule has 0 radical (unpaired) electrons. The molecule has 7 heteroatoms. The van der Waals surface area contributed by atoms with Gasteiger partial charge in [-0.15, -0.1) is 0 Å². The van der Waals surface area contributed by atoms with E-state index < -0.39 is 12.1 Å². The first kappa shape index (κ1) is 35.3. The van der Waals surface area contributed by atoms with Crippen LogP contribution in [0.15, 0.2) is 127 Å². The molecule has 0 aliphatic heterocycles. The van der Waals surface area contributed by atoms with Gasteiger partial charge in [0.2, 0.25) is 17.7 Å². The molecule has 0 bridgehead atoms. The Morgan fingerprint density at radius 1 is 0.714 bits per heavy atom. The Hall–Kier alpha value is -5.01. The fraction of sp³-hybridized carbons (Fsp3) is 0.310. The van der Waals surface area contributed by atoms with Crippen molar-refractivity contribution in [3.05, 3.63) is 144 Å². The van der Waals surface area contributed by atoms with Gasteiger partial charge in [-0.05, 0) is 66.0 Å². The number of carbonyl (C=O) groups is 3. The van der Waals surface area contributed by atoms with Crippen molar-refractivity contribution >= 4 is 17.7 Å². The Bertz CT molecular complexity index is 1690. The van der Waals surface area contributed by atoms with Gasteiger partial charge in [0.25, 0.3) is 0 Å². The maximum absolute atomic E-state index is 14.5. The molecule has 4 aromatic carbocycles. The third-order valence-corrected chi connectivity index (χ3v) is 9.67. The fourth-order valence-corrected chi connectivity index (χ4v) is 6.30. The average Bonchev–Trinajstić information content (AvgIpc) is 3.12. The summed E-state index contributed by atoms with van der Waals surface area (Å²) >= 11 is 0. The Balaban J connectivity index is 1.37. The molecule has 2 atom stereocenters. The molecular weight excluding hydrogens is 608 g/mol. The lowest BCUT2D eigenvalue weighted by molar-refractivity contribution is -0.146. The van der Waals surface area contributed by atoms with Crippen molar-refractivity contribution in [1.82, 2.24) is 15.1 Å². The van der Waals surface area contributed by atoms with Gasteiger partial charge in [-0.2, -0.15) is 0 Å². The smallest absolute Gasteiger partial charge is 0.246 e. The molecule has 4 aromatic rings. The number of nitrogens with zero attached hydrogens (tertiary/aromatic N) is 2. The highest BCUT2D eigenvalue weighted by molar-refractivity contribution is 5.95. The molecule has 1 saturated carbocycles. The lowest BCUT2D eigenvalue weighted by Gasteiger charge is -2.37. The lowest BCUT2D eigenvalue weighted by atomic mass is 9.75. The predicted octanol–water partition coefficient (Wildman–Crippen LogP) is 5.98. The Labute approximate surface area is 290 Å². The summed E-state index contributed by atoms with van der Waals surface area (Å²) in [5.74, 6) is -0.809. The van der Waals surface area contributed by atoms with E-state index >= 15 is 0 Å². The third kappa shape index (κ3) is 9.77. The zero-order valence-electron chi connectivity index (χ0n) is 28.6. The zero-order valence-corrected chi connectivity index (χ0v) is 28.6. The van der Waals surface area contributed by atoms with Crippen LogP contribution in [-0.4, -0.2) is 65.8 Å². The van der Waals surface area contributed by atoms with Gasteiger partial charge in [-0.1, -0.05) is 121 Å². The molecule has 0 aromatic heterocycles. The summed E-state index contributed by atoms with van der Waals surface area (Å²) < 4.78 is 0. The Morgan fingerprint density at radius 3 is 1.84 bits per heavy atom. The van der Waals surface area contributed by atoms with Gasteiger partial charge >= 0.3 is 0 Å². The van der Waals surface area contributed by atoms with Crippen molar-refractivity contribution < 1.29 is 14.4 Å². The Morgan fingerprint density at radius 2 is 1.24 bits per heavy atom. The normalized spacial score (nSPS) is 14.8. The quantitative estimate of drug-likeness (QED) is 0.154. The minimum Gasteiger partial charge on any atom is -0.354 e. The first-order valence-electron chi connectivity index (χ1n) is 17.2. The minimum atomic E-state index is -0.837. The van der Waals surface area contributed by atoms with E-state index in [1.54, 1.807) is 14.1 Å². The molecule has 1 aliphatic carbocycles. The van der Waals surface area contributed by atoms with Crippen LogP contribution in [0, 0.1) is 0 Å². The molecule has 1 aliphatic rings. The van der Waals surface area contributed by atoms with Crippen molar-refractivity contribution in [3.8, 4) is 11.1 Å². The van der Waals surface area contributed by atoms with Crippen LogP contribution < -0.4 is 11.1 Å². The summed E-state index contributed by atoms with van der Waals surface area (Å²) in [7, 11) is 3.33. The van der Waals surface area contributed by atoms with Crippen LogP contribution in [0.25, 0.3) is 11.1 Å². The highest BCUT2D eigenvalue weighted by Gasteiger charge is 2.35. The second kappa shape index (κ2) is 16.9. The number of likely N-dealkylation sites (N-methyl/N-ethyl adjacent to an activating group) is 2. The first-order chi connectivity index (χ1) is 23.7. The monoisotopic (exact) mass is 656 g/mol. The minimum absolute atomic E-state index is 0.232. The summed E-state index contributed by atoms with van der Waals surface area (Å²) in [5, 5.41) is 3.07. The molecule has 7 nitrogen and oxygen atoms in total. The molecule has 49 heavy (non-hydrogen) atoms. The van der Waals surface area contributed by atoms with Gasteiger partial charge < -0.3 is 20.9 Å². The predicted molar refractivity (Wildman–Crippen MR) is 197 cm³/mol.